The van der Waals surface area contributed by atoms with Crippen LogP contribution in [0.1, 0.15) is 12.0 Å². The summed E-state index contributed by atoms with van der Waals surface area (Å²) >= 11 is 0. The van der Waals surface area contributed by atoms with Crippen LogP contribution in [0.25, 0.3) is 0 Å². The number of aliphatic carboxylic acids is 1. The molecule has 0 spiro atoms. The number of carbonyl (C=O) groups excluding carboxylic acids is 1. The molecule has 1 rings (SSSR count). The Kier molecular flexibility index (Phi) is 6.48. The molecule has 1 aromatic carbocycles. The maximum absolute atomic E-state index is 12.5. The first-order chi connectivity index (χ1) is 10.3. The van der Waals surface area contributed by atoms with Crippen LogP contribution in [0.2, 0.25) is 0 Å². The van der Waals surface area contributed by atoms with Crippen LogP contribution in [-0.4, -0.2) is 36.8 Å². The Bertz CT molecular complexity index is 520. The highest BCUT2D eigenvalue weighted by Crippen LogP contribution is 2.31. The predicted molar refractivity (Wildman–Crippen MR) is 70.6 cm³/mol. The van der Waals surface area contributed by atoms with Crippen molar-refractivity contribution in [2.24, 2.45) is 0 Å². The molecule has 0 heterocycles. The molecule has 0 radical (unpaired) electrons. The molecule has 0 atom stereocenters. The number of rotatable bonds is 7. The van der Waals surface area contributed by atoms with E-state index in [0.29, 0.717) is 0 Å². The number of halogens is 3. The number of amides is 2. The maximum atomic E-state index is 12.5. The van der Waals surface area contributed by atoms with Crippen molar-refractivity contribution < 1.29 is 32.6 Å². The fourth-order valence-electron chi connectivity index (χ4n) is 1.44. The van der Waals surface area contributed by atoms with Gasteiger partial charge in [-0.25, -0.2) is 4.79 Å². The topological polar surface area (TPSA) is 87.7 Å². The minimum atomic E-state index is -4.44. The number of hydrogen-bond donors (Lipinski definition) is 3. The number of benzene rings is 1. The first-order valence-electron chi connectivity index (χ1n) is 6.32. The lowest BCUT2D eigenvalue weighted by Gasteiger charge is -2.11. The van der Waals surface area contributed by atoms with Gasteiger partial charge in [-0.3, -0.25) is 4.79 Å². The number of alkyl halides is 3. The summed E-state index contributed by atoms with van der Waals surface area (Å²) in [6, 6.07) is 3.83. The molecular weight excluding hydrogens is 305 g/mol. The molecule has 0 aromatic heterocycles. The van der Waals surface area contributed by atoms with Gasteiger partial charge in [0.2, 0.25) is 0 Å². The maximum Gasteiger partial charge on any atom is 0.416 e. The van der Waals surface area contributed by atoms with Gasteiger partial charge in [-0.1, -0.05) is 6.07 Å². The summed E-state index contributed by atoms with van der Waals surface area (Å²) < 4.78 is 42.5. The third-order valence-electron chi connectivity index (χ3n) is 2.44. The molecule has 2 amide bonds. The second-order valence-electron chi connectivity index (χ2n) is 4.20. The van der Waals surface area contributed by atoms with Crippen molar-refractivity contribution in [3.05, 3.63) is 29.8 Å². The zero-order valence-corrected chi connectivity index (χ0v) is 11.4. The van der Waals surface area contributed by atoms with E-state index >= 15 is 0 Å². The normalized spacial score (nSPS) is 10.9. The van der Waals surface area contributed by atoms with E-state index in [1.165, 1.54) is 12.1 Å². The Morgan fingerprint density at radius 1 is 1.18 bits per heavy atom. The molecule has 0 fully saturated rings. The molecule has 0 unspecified atom stereocenters. The summed E-state index contributed by atoms with van der Waals surface area (Å²) in [7, 11) is 0. The van der Waals surface area contributed by atoms with E-state index in [4.69, 9.17) is 9.84 Å². The van der Waals surface area contributed by atoms with Crippen LogP contribution in [0.15, 0.2) is 24.3 Å². The number of carboxylic acid groups (broad SMARTS) is 1. The van der Waals surface area contributed by atoms with Gasteiger partial charge in [0.05, 0.1) is 18.5 Å². The first kappa shape index (κ1) is 17.6. The van der Waals surface area contributed by atoms with Crippen molar-refractivity contribution in [2.75, 3.05) is 19.7 Å². The zero-order valence-electron chi connectivity index (χ0n) is 11.4. The standard InChI is InChI=1S/C13H15F3N2O4/c14-13(15,16)9-2-1-3-10(8-9)22-7-6-18-12(21)17-5-4-11(19)20/h1-3,8H,4-7H2,(H,19,20)(H2,17,18,21). The molecule has 3 N–H and O–H groups in total. The summed E-state index contributed by atoms with van der Waals surface area (Å²) in [5.74, 6) is -0.990. The Labute approximate surface area is 124 Å². The van der Waals surface area contributed by atoms with Gasteiger partial charge in [0.25, 0.3) is 0 Å². The lowest BCUT2D eigenvalue weighted by molar-refractivity contribution is -0.138. The fraction of sp³-hybridized carbons (Fsp3) is 0.385. The summed E-state index contributed by atoms with van der Waals surface area (Å²) in [6.07, 6.45) is -4.64. The number of hydrogen-bond acceptors (Lipinski definition) is 3. The van der Waals surface area contributed by atoms with Crippen molar-refractivity contribution in [2.45, 2.75) is 12.6 Å². The van der Waals surface area contributed by atoms with Crippen molar-refractivity contribution in [1.82, 2.24) is 10.6 Å². The quantitative estimate of drug-likeness (QED) is 0.669. The van der Waals surface area contributed by atoms with Crippen LogP contribution in [0.3, 0.4) is 0 Å². The average molecular weight is 320 g/mol. The summed E-state index contributed by atoms with van der Waals surface area (Å²) in [4.78, 5) is 21.4. The van der Waals surface area contributed by atoms with E-state index in [9.17, 15) is 22.8 Å². The van der Waals surface area contributed by atoms with E-state index in [1.54, 1.807) is 0 Å². The molecule has 0 bridgehead atoms. The summed E-state index contributed by atoms with van der Waals surface area (Å²) in [6.45, 7) is 0.0263. The van der Waals surface area contributed by atoms with Gasteiger partial charge in [-0.05, 0) is 18.2 Å². The van der Waals surface area contributed by atoms with Gasteiger partial charge in [0.15, 0.2) is 0 Å². The first-order valence-corrected chi connectivity index (χ1v) is 6.32. The Morgan fingerprint density at radius 3 is 2.50 bits per heavy atom. The second-order valence-corrected chi connectivity index (χ2v) is 4.20. The Morgan fingerprint density at radius 2 is 1.86 bits per heavy atom. The largest absolute Gasteiger partial charge is 0.492 e. The monoisotopic (exact) mass is 320 g/mol. The van der Waals surface area contributed by atoms with Crippen LogP contribution in [0, 0.1) is 0 Å². The number of nitrogens with one attached hydrogen (secondary N) is 2. The molecule has 0 aliphatic carbocycles. The van der Waals surface area contributed by atoms with Crippen LogP contribution in [0.5, 0.6) is 5.75 Å². The molecule has 6 nitrogen and oxygen atoms in total. The van der Waals surface area contributed by atoms with Crippen LogP contribution in [0.4, 0.5) is 18.0 Å². The number of urea groups is 1. The molecule has 1 aromatic rings. The van der Waals surface area contributed by atoms with Gasteiger partial charge >= 0.3 is 18.2 Å². The zero-order chi connectivity index (χ0) is 16.6. The number of ether oxygens (including phenoxy) is 1. The third-order valence-corrected chi connectivity index (χ3v) is 2.44. The van der Waals surface area contributed by atoms with Crippen LogP contribution in [-0.2, 0) is 11.0 Å². The molecule has 122 valence electrons. The molecule has 0 aliphatic rings. The molecular formula is C13H15F3N2O4. The molecule has 0 saturated carbocycles. The minimum Gasteiger partial charge on any atom is -0.492 e. The van der Waals surface area contributed by atoms with Crippen molar-refractivity contribution in [1.29, 1.82) is 0 Å². The van der Waals surface area contributed by atoms with Gasteiger partial charge in [0, 0.05) is 6.54 Å². The van der Waals surface area contributed by atoms with E-state index in [1.807, 2.05) is 0 Å². The third kappa shape index (κ3) is 6.82. The molecule has 22 heavy (non-hydrogen) atoms. The number of carbonyl (C=O) groups is 2. The van der Waals surface area contributed by atoms with Crippen LogP contribution >= 0.6 is 0 Å². The van der Waals surface area contributed by atoms with Gasteiger partial charge in [-0.15, -0.1) is 0 Å². The van der Waals surface area contributed by atoms with E-state index in [-0.39, 0.29) is 31.9 Å². The van der Waals surface area contributed by atoms with Gasteiger partial charge < -0.3 is 20.5 Å². The lowest BCUT2D eigenvalue weighted by Crippen LogP contribution is -2.38. The van der Waals surface area contributed by atoms with Crippen molar-refractivity contribution in [3.8, 4) is 5.75 Å². The summed E-state index contributed by atoms with van der Waals surface area (Å²) in [5.41, 5.74) is -0.815. The molecule has 9 heteroatoms. The van der Waals surface area contributed by atoms with Gasteiger partial charge in [0.1, 0.15) is 12.4 Å². The van der Waals surface area contributed by atoms with Crippen molar-refractivity contribution >= 4 is 12.0 Å². The fourth-order valence-corrected chi connectivity index (χ4v) is 1.44. The van der Waals surface area contributed by atoms with E-state index in [2.05, 4.69) is 10.6 Å². The smallest absolute Gasteiger partial charge is 0.416 e. The SMILES string of the molecule is O=C(O)CCNC(=O)NCCOc1cccc(C(F)(F)F)c1. The molecule has 0 aliphatic heterocycles. The van der Waals surface area contributed by atoms with Crippen LogP contribution < -0.4 is 15.4 Å². The summed E-state index contributed by atoms with van der Waals surface area (Å²) in [5, 5.41) is 13.1. The Balaban J connectivity index is 2.27. The highest BCUT2D eigenvalue weighted by Gasteiger charge is 2.30. The van der Waals surface area contributed by atoms with Crippen molar-refractivity contribution in [3.63, 3.8) is 0 Å². The number of carboxylic acids is 1. The predicted octanol–water partition coefficient (Wildman–Crippen LogP) is 1.86. The lowest BCUT2D eigenvalue weighted by atomic mass is 10.2. The minimum absolute atomic E-state index is 0.0182. The van der Waals surface area contributed by atoms with E-state index in [0.717, 1.165) is 12.1 Å². The average Bonchev–Trinajstić information content (AvgIpc) is 2.42. The highest BCUT2D eigenvalue weighted by atomic mass is 19.4. The van der Waals surface area contributed by atoms with Gasteiger partial charge in [-0.2, -0.15) is 13.2 Å². The second kappa shape index (κ2) is 8.11. The van der Waals surface area contributed by atoms with E-state index < -0.39 is 23.7 Å². The molecule has 0 saturated heterocycles. The Hall–Kier alpha value is -2.45. The highest BCUT2D eigenvalue weighted by molar-refractivity contribution is 5.74.